The Hall–Kier alpha value is -2.24. The second-order valence-electron chi connectivity index (χ2n) is 9.88. The van der Waals surface area contributed by atoms with Gasteiger partial charge in [0.15, 0.2) is 5.78 Å². The number of ketones is 1. The summed E-state index contributed by atoms with van der Waals surface area (Å²) in [6.45, 7) is 9.83. The lowest BCUT2D eigenvalue weighted by molar-refractivity contribution is -0.144. The Kier molecular flexibility index (Phi) is 5.35. The van der Waals surface area contributed by atoms with Gasteiger partial charge in [-0.1, -0.05) is 43.3 Å². The minimum Gasteiger partial charge on any atom is -0.457 e. The number of esters is 1. The molecule has 31 heavy (non-hydrogen) atoms. The Morgan fingerprint density at radius 1 is 1.06 bits per heavy atom. The number of hydrogen-bond acceptors (Lipinski definition) is 5. The molecule has 3 fully saturated rings. The van der Waals surface area contributed by atoms with Gasteiger partial charge >= 0.3 is 5.97 Å². The van der Waals surface area contributed by atoms with Crippen molar-refractivity contribution in [2.24, 2.45) is 17.3 Å². The van der Waals surface area contributed by atoms with Crippen molar-refractivity contribution in [1.82, 2.24) is 9.80 Å². The van der Waals surface area contributed by atoms with E-state index in [1.165, 1.54) is 5.56 Å². The number of rotatable bonds is 4. The first-order valence-electron chi connectivity index (χ1n) is 11.6. The number of carbonyl (C=O) groups excluding carboxylic acids is 2. The molecule has 0 unspecified atom stereocenters. The first-order valence-corrected chi connectivity index (χ1v) is 11.6. The van der Waals surface area contributed by atoms with Crippen LogP contribution in [-0.2, 0) is 20.9 Å². The van der Waals surface area contributed by atoms with Crippen LogP contribution in [0, 0.1) is 17.3 Å². The molecule has 0 radical (unpaired) electrons. The van der Waals surface area contributed by atoms with Gasteiger partial charge in [0.2, 0.25) is 0 Å². The van der Waals surface area contributed by atoms with Gasteiger partial charge in [-0.15, -0.1) is 0 Å². The molecular weight excluding hydrogens is 388 g/mol. The van der Waals surface area contributed by atoms with E-state index in [1.54, 1.807) is 6.08 Å². The lowest BCUT2D eigenvalue weighted by Crippen LogP contribution is -2.49. The molecule has 0 bridgehead atoms. The predicted octanol–water partition coefficient (Wildman–Crippen LogP) is 3.22. The van der Waals surface area contributed by atoms with Gasteiger partial charge in [0.25, 0.3) is 0 Å². The smallest absolute Gasteiger partial charge is 0.311 e. The fourth-order valence-electron chi connectivity index (χ4n) is 6.03. The molecular formula is C26H32N2O3. The highest BCUT2D eigenvalue weighted by Gasteiger charge is 2.54. The fourth-order valence-corrected chi connectivity index (χ4v) is 6.03. The molecule has 2 heterocycles. The largest absolute Gasteiger partial charge is 0.457 e. The Balaban J connectivity index is 1.23. The van der Waals surface area contributed by atoms with Crippen LogP contribution in [0.4, 0.5) is 0 Å². The standard InChI is InChI=1S/C26H32N2O3/c1-18-22(29)9-11-26(2)10-8-20-21(25(30)31-24(20)23(18)26)17-28-14-12-27(13-15-28)16-19-6-4-3-5-7-19/h3-7,9,11,20-21,24H,8,10,12-17H2,1-2H3/t20-,21+,24-,26-/m0/s1. The number of allylic oxidation sites excluding steroid dienone is 3. The Morgan fingerprint density at radius 2 is 1.77 bits per heavy atom. The SMILES string of the molecule is CC1=C2[C@H]3OC(=O)[C@H](CN4CCN(Cc5ccccc5)CC4)[C@@H]3CC[C@@]2(C)C=CC1=O. The number of benzene rings is 1. The van der Waals surface area contributed by atoms with Crippen LogP contribution in [-0.4, -0.2) is 60.4 Å². The van der Waals surface area contributed by atoms with Crippen LogP contribution in [0.1, 0.15) is 32.3 Å². The Labute approximate surface area is 184 Å². The normalized spacial score (nSPS) is 33.9. The van der Waals surface area contributed by atoms with E-state index >= 15 is 0 Å². The molecule has 2 aliphatic carbocycles. The second-order valence-corrected chi connectivity index (χ2v) is 9.88. The molecule has 5 heteroatoms. The van der Waals surface area contributed by atoms with Crippen molar-refractivity contribution in [3.63, 3.8) is 0 Å². The van der Waals surface area contributed by atoms with Gasteiger partial charge in [0.05, 0.1) is 5.92 Å². The van der Waals surface area contributed by atoms with E-state index in [0.29, 0.717) is 0 Å². The first kappa shape index (κ1) is 20.7. The minimum absolute atomic E-state index is 0.0576. The van der Waals surface area contributed by atoms with E-state index in [1.807, 2.05) is 13.0 Å². The summed E-state index contributed by atoms with van der Waals surface area (Å²) in [4.78, 5) is 30.1. The maximum atomic E-state index is 12.9. The number of ether oxygens (including phenoxy) is 1. The van der Waals surface area contributed by atoms with Gasteiger partial charge in [0, 0.05) is 56.2 Å². The molecule has 5 nitrogen and oxygen atoms in total. The lowest BCUT2D eigenvalue weighted by Gasteiger charge is -2.43. The summed E-state index contributed by atoms with van der Waals surface area (Å²) in [6, 6.07) is 10.6. The molecule has 0 N–H and O–H groups in total. The Morgan fingerprint density at radius 3 is 2.52 bits per heavy atom. The van der Waals surface area contributed by atoms with Gasteiger partial charge in [-0.05, 0) is 37.0 Å². The summed E-state index contributed by atoms with van der Waals surface area (Å²) in [6.07, 6.45) is 5.44. The quantitative estimate of drug-likeness (QED) is 0.700. The highest BCUT2D eigenvalue weighted by Crippen LogP contribution is 2.53. The van der Waals surface area contributed by atoms with Crippen LogP contribution in [0.25, 0.3) is 0 Å². The molecule has 5 rings (SSSR count). The highest BCUT2D eigenvalue weighted by molar-refractivity contribution is 6.05. The molecule has 164 valence electrons. The molecule has 0 aromatic heterocycles. The van der Waals surface area contributed by atoms with Crippen LogP contribution in [0.3, 0.4) is 0 Å². The van der Waals surface area contributed by atoms with Gasteiger partial charge < -0.3 is 4.74 Å². The van der Waals surface area contributed by atoms with E-state index in [4.69, 9.17) is 4.74 Å². The molecule has 4 aliphatic rings. The van der Waals surface area contributed by atoms with Crippen molar-refractivity contribution in [3.05, 3.63) is 59.2 Å². The number of carbonyl (C=O) groups is 2. The molecule has 2 aliphatic heterocycles. The van der Waals surface area contributed by atoms with Crippen molar-refractivity contribution in [1.29, 1.82) is 0 Å². The van der Waals surface area contributed by atoms with Crippen molar-refractivity contribution in [3.8, 4) is 0 Å². The van der Waals surface area contributed by atoms with Crippen molar-refractivity contribution in [2.75, 3.05) is 32.7 Å². The summed E-state index contributed by atoms with van der Waals surface area (Å²) in [7, 11) is 0. The van der Waals surface area contributed by atoms with Crippen molar-refractivity contribution >= 4 is 11.8 Å². The zero-order chi connectivity index (χ0) is 21.6. The molecule has 4 atom stereocenters. The predicted molar refractivity (Wildman–Crippen MR) is 119 cm³/mol. The van der Waals surface area contributed by atoms with Gasteiger partial charge in [-0.3, -0.25) is 19.4 Å². The first-order chi connectivity index (χ1) is 14.9. The van der Waals surface area contributed by atoms with Gasteiger partial charge in [-0.25, -0.2) is 0 Å². The average molecular weight is 421 g/mol. The summed E-state index contributed by atoms with van der Waals surface area (Å²) in [5.41, 5.74) is 3.03. The summed E-state index contributed by atoms with van der Waals surface area (Å²) < 4.78 is 5.95. The zero-order valence-electron chi connectivity index (χ0n) is 18.5. The number of fused-ring (bicyclic) bond motifs is 3. The van der Waals surface area contributed by atoms with Gasteiger partial charge in [0.1, 0.15) is 6.10 Å². The molecule has 1 aromatic carbocycles. The number of hydrogen-bond donors (Lipinski definition) is 0. The minimum atomic E-state index is -0.232. The average Bonchev–Trinajstić information content (AvgIpc) is 3.08. The molecule has 0 amide bonds. The van der Waals surface area contributed by atoms with Crippen LogP contribution >= 0.6 is 0 Å². The van der Waals surface area contributed by atoms with Gasteiger partial charge in [-0.2, -0.15) is 0 Å². The third-order valence-electron chi connectivity index (χ3n) is 7.89. The van der Waals surface area contributed by atoms with E-state index in [-0.39, 0.29) is 35.1 Å². The van der Waals surface area contributed by atoms with E-state index in [2.05, 4.69) is 47.1 Å². The van der Waals surface area contributed by atoms with Crippen LogP contribution in [0.5, 0.6) is 0 Å². The summed E-state index contributed by atoms with van der Waals surface area (Å²) in [5, 5.41) is 0. The highest BCUT2D eigenvalue weighted by atomic mass is 16.6. The maximum absolute atomic E-state index is 12.9. The third kappa shape index (κ3) is 3.79. The molecule has 1 saturated carbocycles. The van der Waals surface area contributed by atoms with E-state index in [9.17, 15) is 9.59 Å². The lowest BCUT2D eigenvalue weighted by atomic mass is 9.61. The van der Waals surface area contributed by atoms with Crippen molar-refractivity contribution < 1.29 is 14.3 Å². The summed E-state index contributed by atoms with van der Waals surface area (Å²) >= 11 is 0. The molecule has 1 aromatic rings. The Bertz CT molecular complexity index is 929. The monoisotopic (exact) mass is 420 g/mol. The van der Waals surface area contributed by atoms with Crippen LogP contribution in [0.2, 0.25) is 0 Å². The summed E-state index contributed by atoms with van der Waals surface area (Å²) in [5.74, 6) is 0.0825. The zero-order valence-corrected chi connectivity index (χ0v) is 18.5. The third-order valence-corrected chi connectivity index (χ3v) is 7.89. The van der Waals surface area contributed by atoms with Crippen LogP contribution < -0.4 is 0 Å². The van der Waals surface area contributed by atoms with E-state index < -0.39 is 0 Å². The topological polar surface area (TPSA) is 49.9 Å². The molecule has 0 spiro atoms. The number of nitrogens with zero attached hydrogens (tertiary/aromatic N) is 2. The number of piperazine rings is 1. The molecule has 2 saturated heterocycles. The van der Waals surface area contributed by atoms with Crippen LogP contribution in [0.15, 0.2) is 53.6 Å². The van der Waals surface area contributed by atoms with Crippen molar-refractivity contribution in [2.45, 2.75) is 39.3 Å². The fraction of sp³-hybridized carbons (Fsp3) is 0.538. The maximum Gasteiger partial charge on any atom is 0.311 e. The van der Waals surface area contributed by atoms with E-state index in [0.717, 1.165) is 63.3 Å². The second kappa shape index (κ2) is 8.03.